The molecule has 0 bridgehead atoms. The van der Waals surface area contributed by atoms with Gasteiger partial charge in [-0.1, -0.05) is 0 Å². The van der Waals surface area contributed by atoms with Gasteiger partial charge in [-0.15, -0.1) is 24.8 Å². The Morgan fingerprint density at radius 3 is 2.62 bits per heavy atom. The minimum absolute atomic E-state index is 0. The molecule has 2 atom stereocenters. The van der Waals surface area contributed by atoms with Gasteiger partial charge in [-0.25, -0.2) is 4.98 Å². The van der Waals surface area contributed by atoms with Crippen molar-refractivity contribution in [1.29, 1.82) is 0 Å². The second kappa shape index (κ2) is 9.22. The van der Waals surface area contributed by atoms with Gasteiger partial charge in [-0.05, 0) is 56.1 Å². The summed E-state index contributed by atoms with van der Waals surface area (Å²) in [5.41, 5.74) is 1.75. The highest BCUT2D eigenvalue weighted by atomic mass is 35.5. The predicted octanol–water partition coefficient (Wildman–Crippen LogP) is 3.56. The van der Waals surface area contributed by atoms with Crippen LogP contribution in [-0.2, 0) is 11.2 Å². The van der Waals surface area contributed by atoms with Crippen LogP contribution >= 0.6 is 36.2 Å². The molecular formula is C18H25Cl2N3O2S. The molecule has 1 N–H and O–H groups in total. The van der Waals surface area contributed by atoms with Crippen molar-refractivity contribution in [1.82, 2.24) is 15.2 Å². The smallest absolute Gasteiger partial charge is 0.228 e. The first-order valence-corrected chi connectivity index (χ1v) is 9.62. The van der Waals surface area contributed by atoms with Crippen molar-refractivity contribution < 1.29 is 9.21 Å². The van der Waals surface area contributed by atoms with Gasteiger partial charge in [0.05, 0.1) is 12.1 Å². The van der Waals surface area contributed by atoms with E-state index >= 15 is 0 Å². The molecule has 2 aliphatic rings. The van der Waals surface area contributed by atoms with Gasteiger partial charge in [0.25, 0.3) is 0 Å². The number of hydrogen-bond donors (Lipinski definition) is 1. The first-order valence-electron chi connectivity index (χ1n) is 8.68. The van der Waals surface area contributed by atoms with Crippen molar-refractivity contribution >= 4 is 42.1 Å². The van der Waals surface area contributed by atoms with E-state index in [1.54, 1.807) is 11.3 Å². The van der Waals surface area contributed by atoms with E-state index in [0.29, 0.717) is 12.3 Å². The molecule has 4 rings (SSSR count). The number of thiophene rings is 1. The summed E-state index contributed by atoms with van der Waals surface area (Å²) in [6.07, 6.45) is 2.57. The maximum atomic E-state index is 12.7. The van der Waals surface area contributed by atoms with Gasteiger partial charge in [0.1, 0.15) is 5.76 Å². The maximum Gasteiger partial charge on any atom is 0.228 e. The normalized spacial score (nSPS) is 22.1. The molecule has 0 aliphatic carbocycles. The molecule has 8 heteroatoms. The maximum absolute atomic E-state index is 12.7. The molecule has 2 fully saturated rings. The summed E-state index contributed by atoms with van der Waals surface area (Å²) in [4.78, 5) is 19.3. The van der Waals surface area contributed by atoms with Crippen molar-refractivity contribution in [2.75, 3.05) is 26.2 Å². The number of oxazole rings is 1. The summed E-state index contributed by atoms with van der Waals surface area (Å²) >= 11 is 1.62. The van der Waals surface area contributed by atoms with Crippen molar-refractivity contribution in [3.8, 4) is 11.5 Å². The summed E-state index contributed by atoms with van der Waals surface area (Å²) in [7, 11) is 0. The van der Waals surface area contributed by atoms with Crippen LogP contribution in [-0.4, -0.2) is 42.0 Å². The lowest BCUT2D eigenvalue weighted by Gasteiger charge is -2.20. The highest BCUT2D eigenvalue weighted by molar-refractivity contribution is 7.08. The zero-order valence-electron chi connectivity index (χ0n) is 14.8. The second-order valence-electron chi connectivity index (χ2n) is 6.85. The fourth-order valence-corrected chi connectivity index (χ4v) is 4.45. The average molecular weight is 418 g/mol. The van der Waals surface area contributed by atoms with E-state index in [0.717, 1.165) is 67.9 Å². The van der Waals surface area contributed by atoms with Crippen LogP contribution in [0.2, 0.25) is 0 Å². The van der Waals surface area contributed by atoms with E-state index in [2.05, 4.69) is 10.3 Å². The van der Waals surface area contributed by atoms with Crippen LogP contribution in [0.1, 0.15) is 24.3 Å². The van der Waals surface area contributed by atoms with Gasteiger partial charge < -0.3 is 14.6 Å². The Bertz CT molecular complexity index is 706. The van der Waals surface area contributed by atoms with Crippen LogP contribution in [0.5, 0.6) is 0 Å². The molecule has 2 aromatic heterocycles. The minimum atomic E-state index is 0. The number of hydrogen-bond acceptors (Lipinski definition) is 5. The van der Waals surface area contributed by atoms with Crippen LogP contribution in [0.3, 0.4) is 0 Å². The molecule has 2 aliphatic heterocycles. The number of nitrogens with one attached hydrogen (secondary N) is 1. The summed E-state index contributed by atoms with van der Waals surface area (Å²) in [5.74, 6) is 3.02. The highest BCUT2D eigenvalue weighted by Gasteiger charge is 2.31. The lowest BCUT2D eigenvalue weighted by atomic mass is 9.92. The van der Waals surface area contributed by atoms with E-state index < -0.39 is 0 Å². The Morgan fingerprint density at radius 1 is 1.31 bits per heavy atom. The van der Waals surface area contributed by atoms with Gasteiger partial charge in [-0.3, -0.25) is 4.79 Å². The van der Waals surface area contributed by atoms with E-state index in [1.165, 1.54) is 0 Å². The lowest BCUT2D eigenvalue weighted by Crippen LogP contribution is -2.34. The van der Waals surface area contributed by atoms with Gasteiger partial charge in [-0.2, -0.15) is 11.3 Å². The molecular weight excluding hydrogens is 393 g/mol. The second-order valence-corrected chi connectivity index (χ2v) is 7.63. The minimum Gasteiger partial charge on any atom is -0.441 e. The first kappa shape index (κ1) is 21.2. The van der Waals surface area contributed by atoms with Crippen molar-refractivity contribution in [2.24, 2.45) is 11.8 Å². The summed E-state index contributed by atoms with van der Waals surface area (Å²) < 4.78 is 5.75. The number of likely N-dealkylation sites (tertiary alicyclic amines) is 1. The molecule has 0 spiro atoms. The van der Waals surface area contributed by atoms with Gasteiger partial charge in [0, 0.05) is 24.0 Å². The van der Waals surface area contributed by atoms with Crippen LogP contribution < -0.4 is 5.32 Å². The number of carbonyl (C=O) groups is 1. The monoisotopic (exact) mass is 417 g/mol. The summed E-state index contributed by atoms with van der Waals surface area (Å²) in [5, 5.41) is 7.49. The molecule has 4 heterocycles. The number of carbonyl (C=O) groups excluding carboxylic acids is 1. The van der Waals surface area contributed by atoms with E-state index in [4.69, 9.17) is 4.42 Å². The quantitative estimate of drug-likeness (QED) is 0.828. The number of amides is 1. The van der Waals surface area contributed by atoms with Gasteiger partial charge in [0.2, 0.25) is 11.8 Å². The zero-order chi connectivity index (χ0) is 16.5. The molecule has 2 aromatic rings. The largest absolute Gasteiger partial charge is 0.441 e. The van der Waals surface area contributed by atoms with Crippen molar-refractivity contribution in [3.05, 3.63) is 28.3 Å². The number of aryl methyl sites for hydroxylation is 1. The zero-order valence-corrected chi connectivity index (χ0v) is 17.2. The Labute approximate surface area is 170 Å². The SMILES string of the molecule is Cc1oc(-c2ccsc2)nc1CC(=O)N1CC[C@@H]2CNC[C@@H]2CC1.Cl.Cl. The standard InChI is InChI=1S/C18H23N3O2S.2ClH/c1-12-16(20-18(23-12)15-4-7-24-11-15)8-17(22)21-5-2-13-9-19-10-14(13)3-6-21;;/h4,7,11,13-14,19H,2-3,5-6,8-10H2,1H3;2*1H/t13-,14+;;. The molecule has 2 saturated heterocycles. The van der Waals surface area contributed by atoms with E-state index in [1.807, 2.05) is 28.7 Å². The predicted molar refractivity (Wildman–Crippen MR) is 108 cm³/mol. The van der Waals surface area contributed by atoms with Crippen molar-refractivity contribution in [2.45, 2.75) is 26.2 Å². The van der Waals surface area contributed by atoms with Crippen molar-refractivity contribution in [3.63, 3.8) is 0 Å². The number of aromatic nitrogens is 1. The fourth-order valence-electron chi connectivity index (χ4n) is 3.82. The van der Waals surface area contributed by atoms with E-state index in [-0.39, 0.29) is 30.7 Å². The Morgan fingerprint density at radius 2 is 2.00 bits per heavy atom. The number of nitrogens with zero attached hydrogens (tertiary/aromatic N) is 2. The third-order valence-electron chi connectivity index (χ3n) is 5.35. The fraction of sp³-hybridized carbons (Fsp3) is 0.556. The number of fused-ring (bicyclic) bond motifs is 1. The summed E-state index contributed by atoms with van der Waals surface area (Å²) in [6, 6.07) is 1.99. The number of halogens is 2. The first-order chi connectivity index (χ1) is 11.7. The lowest BCUT2D eigenvalue weighted by molar-refractivity contribution is -0.130. The molecule has 0 saturated carbocycles. The molecule has 26 heavy (non-hydrogen) atoms. The third kappa shape index (κ3) is 4.42. The van der Waals surface area contributed by atoms with Crippen LogP contribution in [0.4, 0.5) is 0 Å². The number of rotatable bonds is 3. The molecule has 1 amide bonds. The molecule has 0 unspecified atom stereocenters. The molecule has 144 valence electrons. The Hall–Kier alpha value is -1.08. The van der Waals surface area contributed by atoms with Crippen LogP contribution in [0.25, 0.3) is 11.5 Å². The molecule has 5 nitrogen and oxygen atoms in total. The Kier molecular flexibility index (Phi) is 7.52. The van der Waals surface area contributed by atoms with E-state index in [9.17, 15) is 4.79 Å². The molecule has 0 aromatic carbocycles. The van der Waals surface area contributed by atoms with Crippen LogP contribution in [0, 0.1) is 18.8 Å². The summed E-state index contributed by atoms with van der Waals surface area (Å²) in [6.45, 7) is 5.86. The van der Waals surface area contributed by atoms with Gasteiger partial charge >= 0.3 is 0 Å². The van der Waals surface area contributed by atoms with Crippen LogP contribution in [0.15, 0.2) is 21.2 Å². The molecule has 0 radical (unpaired) electrons. The van der Waals surface area contributed by atoms with Gasteiger partial charge in [0.15, 0.2) is 0 Å². The Balaban J connectivity index is 0.00000121. The average Bonchev–Trinajstić information content (AvgIpc) is 3.28. The topological polar surface area (TPSA) is 58.4 Å². The highest BCUT2D eigenvalue weighted by Crippen LogP contribution is 2.28. The third-order valence-corrected chi connectivity index (χ3v) is 6.03.